The van der Waals surface area contributed by atoms with Crippen LogP contribution in [0.4, 0.5) is 14.5 Å². The highest BCUT2D eigenvalue weighted by atomic mass is 19.1. The van der Waals surface area contributed by atoms with E-state index in [9.17, 15) is 13.6 Å². The molecule has 150 valence electrons. The number of ether oxygens (including phenoxy) is 1. The lowest BCUT2D eigenvalue weighted by Gasteiger charge is -2.28. The van der Waals surface area contributed by atoms with Crippen molar-refractivity contribution in [3.05, 3.63) is 95.6 Å². The molecule has 0 aliphatic heterocycles. The summed E-state index contributed by atoms with van der Waals surface area (Å²) in [6.07, 6.45) is 0. The molecule has 0 aromatic heterocycles. The zero-order valence-electron chi connectivity index (χ0n) is 16.2. The second-order valence-electron chi connectivity index (χ2n) is 6.69. The molecular weight excluding hydrogens is 374 g/mol. The van der Waals surface area contributed by atoms with Crippen molar-refractivity contribution in [1.29, 1.82) is 0 Å². The molecule has 0 bridgehead atoms. The van der Waals surface area contributed by atoms with Crippen LogP contribution in [-0.2, 0) is 11.3 Å². The van der Waals surface area contributed by atoms with E-state index in [0.29, 0.717) is 17.8 Å². The molecule has 6 heteroatoms. The number of nitrogens with zero attached hydrogens (tertiary/aromatic N) is 1. The van der Waals surface area contributed by atoms with E-state index in [4.69, 9.17) is 4.74 Å². The van der Waals surface area contributed by atoms with Gasteiger partial charge in [-0.05, 0) is 54.6 Å². The maximum atomic E-state index is 14.1. The van der Waals surface area contributed by atoms with Gasteiger partial charge in [-0.25, -0.2) is 8.78 Å². The van der Waals surface area contributed by atoms with Crippen molar-refractivity contribution in [1.82, 2.24) is 4.90 Å². The number of benzene rings is 3. The summed E-state index contributed by atoms with van der Waals surface area (Å²) in [5.74, 6) is -0.920. The van der Waals surface area contributed by atoms with E-state index in [-0.39, 0.29) is 17.5 Å². The van der Waals surface area contributed by atoms with Gasteiger partial charge < -0.3 is 10.1 Å². The molecule has 3 aromatic rings. The number of halogens is 2. The van der Waals surface area contributed by atoms with Crippen LogP contribution in [0.3, 0.4) is 0 Å². The van der Waals surface area contributed by atoms with E-state index in [0.717, 1.165) is 5.56 Å². The van der Waals surface area contributed by atoms with Crippen LogP contribution in [-0.4, -0.2) is 25.0 Å². The zero-order valence-corrected chi connectivity index (χ0v) is 16.2. The fourth-order valence-electron chi connectivity index (χ4n) is 3.17. The van der Waals surface area contributed by atoms with Gasteiger partial charge >= 0.3 is 0 Å². The van der Waals surface area contributed by atoms with Crippen LogP contribution in [0.1, 0.15) is 17.2 Å². The first kappa shape index (κ1) is 20.5. The molecule has 1 amide bonds. The maximum absolute atomic E-state index is 14.1. The van der Waals surface area contributed by atoms with Crippen molar-refractivity contribution in [2.45, 2.75) is 12.6 Å². The Kier molecular flexibility index (Phi) is 6.57. The highest BCUT2D eigenvalue weighted by Crippen LogP contribution is 2.25. The summed E-state index contributed by atoms with van der Waals surface area (Å²) in [4.78, 5) is 14.9. The molecule has 0 fully saturated rings. The van der Waals surface area contributed by atoms with Crippen molar-refractivity contribution in [2.75, 3.05) is 19.5 Å². The lowest BCUT2D eigenvalue weighted by atomic mass is 10.0. The molecule has 1 N–H and O–H groups in total. The molecular formula is C23H22F2N2O2. The van der Waals surface area contributed by atoms with E-state index in [1.165, 1.54) is 37.4 Å². The van der Waals surface area contributed by atoms with Gasteiger partial charge in [-0.2, -0.15) is 0 Å². The molecule has 0 radical (unpaired) electrons. The van der Waals surface area contributed by atoms with Gasteiger partial charge in [0.25, 0.3) is 0 Å². The number of anilines is 1. The molecule has 1 unspecified atom stereocenters. The summed E-state index contributed by atoms with van der Waals surface area (Å²) in [5.41, 5.74) is 2.01. The monoisotopic (exact) mass is 396 g/mol. The number of carbonyl (C=O) groups excluding carboxylic acids is 1. The number of rotatable bonds is 7. The van der Waals surface area contributed by atoms with Crippen molar-refractivity contribution in [2.24, 2.45) is 0 Å². The predicted molar refractivity (Wildman–Crippen MR) is 109 cm³/mol. The first-order chi connectivity index (χ1) is 14.0. The average Bonchev–Trinajstić information content (AvgIpc) is 2.71. The minimum absolute atomic E-state index is 0.171. The lowest BCUT2D eigenvalue weighted by molar-refractivity contribution is -0.121. The molecule has 0 aliphatic rings. The molecule has 0 saturated heterocycles. The molecule has 0 saturated carbocycles. The van der Waals surface area contributed by atoms with Crippen LogP contribution >= 0.6 is 0 Å². The third-order valence-electron chi connectivity index (χ3n) is 4.56. The van der Waals surface area contributed by atoms with Crippen LogP contribution in [0.5, 0.6) is 5.75 Å². The Bertz CT molecular complexity index is 962. The molecule has 3 rings (SSSR count). The van der Waals surface area contributed by atoms with Gasteiger partial charge in [-0.3, -0.25) is 9.69 Å². The maximum Gasteiger partial charge on any atom is 0.246 e. The topological polar surface area (TPSA) is 41.6 Å². The Labute approximate surface area is 168 Å². The second kappa shape index (κ2) is 9.30. The van der Waals surface area contributed by atoms with Crippen molar-refractivity contribution in [3.8, 4) is 5.75 Å². The third kappa shape index (κ3) is 5.18. The Morgan fingerprint density at radius 2 is 1.72 bits per heavy atom. The van der Waals surface area contributed by atoms with E-state index < -0.39 is 11.9 Å². The van der Waals surface area contributed by atoms with Gasteiger partial charge in [0.2, 0.25) is 5.91 Å². The van der Waals surface area contributed by atoms with Gasteiger partial charge in [-0.15, -0.1) is 0 Å². The summed E-state index contributed by atoms with van der Waals surface area (Å²) in [7, 11) is 3.21. The number of methoxy groups -OCH3 is 1. The number of nitrogens with one attached hydrogen (secondary N) is 1. The quantitative estimate of drug-likeness (QED) is 0.625. The van der Waals surface area contributed by atoms with E-state index >= 15 is 0 Å². The van der Waals surface area contributed by atoms with Gasteiger partial charge in [0, 0.05) is 12.2 Å². The fraction of sp³-hybridized carbons (Fsp3) is 0.174. The van der Waals surface area contributed by atoms with Gasteiger partial charge in [0.1, 0.15) is 11.9 Å². The SMILES string of the molecule is COc1ccc(CN(C)C(C(=O)Nc2ccc(F)cc2)c2ccccc2)cc1F. The smallest absolute Gasteiger partial charge is 0.246 e. The number of hydrogen-bond donors (Lipinski definition) is 1. The zero-order chi connectivity index (χ0) is 20.8. The van der Waals surface area contributed by atoms with Crippen LogP contribution in [0.2, 0.25) is 0 Å². The molecule has 0 spiro atoms. The van der Waals surface area contributed by atoms with Crippen LogP contribution in [0.15, 0.2) is 72.8 Å². The summed E-state index contributed by atoms with van der Waals surface area (Å²) in [6, 6.07) is 19.0. The minimum Gasteiger partial charge on any atom is -0.494 e. The fourth-order valence-corrected chi connectivity index (χ4v) is 3.17. The Morgan fingerprint density at radius 3 is 2.34 bits per heavy atom. The molecule has 3 aromatic carbocycles. The second-order valence-corrected chi connectivity index (χ2v) is 6.69. The molecule has 4 nitrogen and oxygen atoms in total. The Morgan fingerprint density at radius 1 is 1.03 bits per heavy atom. The molecule has 29 heavy (non-hydrogen) atoms. The van der Waals surface area contributed by atoms with Crippen LogP contribution in [0, 0.1) is 11.6 Å². The summed E-state index contributed by atoms with van der Waals surface area (Å²) < 4.78 is 32.1. The normalized spacial score (nSPS) is 11.9. The van der Waals surface area contributed by atoms with E-state index in [2.05, 4.69) is 5.32 Å². The van der Waals surface area contributed by atoms with Gasteiger partial charge in [0.05, 0.1) is 7.11 Å². The molecule has 0 aliphatic carbocycles. The highest BCUT2D eigenvalue weighted by molar-refractivity contribution is 5.95. The van der Waals surface area contributed by atoms with Crippen molar-refractivity contribution >= 4 is 11.6 Å². The van der Waals surface area contributed by atoms with Gasteiger partial charge in [0.15, 0.2) is 11.6 Å². The Balaban J connectivity index is 1.83. The predicted octanol–water partition coefficient (Wildman–Crippen LogP) is 4.79. The van der Waals surface area contributed by atoms with E-state index in [1.54, 1.807) is 19.2 Å². The van der Waals surface area contributed by atoms with Gasteiger partial charge in [-0.1, -0.05) is 36.4 Å². The lowest BCUT2D eigenvalue weighted by Crippen LogP contribution is -2.34. The summed E-state index contributed by atoms with van der Waals surface area (Å²) >= 11 is 0. The van der Waals surface area contributed by atoms with E-state index in [1.807, 2.05) is 35.2 Å². The summed E-state index contributed by atoms with van der Waals surface area (Å²) in [6.45, 7) is 0.345. The van der Waals surface area contributed by atoms with Crippen molar-refractivity contribution in [3.63, 3.8) is 0 Å². The number of hydrogen-bond acceptors (Lipinski definition) is 3. The minimum atomic E-state index is -0.619. The first-order valence-corrected chi connectivity index (χ1v) is 9.12. The molecule has 0 heterocycles. The highest BCUT2D eigenvalue weighted by Gasteiger charge is 2.25. The summed E-state index contributed by atoms with van der Waals surface area (Å²) in [5, 5.41) is 2.82. The van der Waals surface area contributed by atoms with Crippen LogP contribution in [0.25, 0.3) is 0 Å². The number of carbonyl (C=O) groups is 1. The third-order valence-corrected chi connectivity index (χ3v) is 4.56. The largest absolute Gasteiger partial charge is 0.494 e. The molecule has 1 atom stereocenters. The number of amides is 1. The Hall–Kier alpha value is -3.25. The van der Waals surface area contributed by atoms with Crippen molar-refractivity contribution < 1.29 is 18.3 Å². The average molecular weight is 396 g/mol. The first-order valence-electron chi connectivity index (χ1n) is 9.12. The van der Waals surface area contributed by atoms with Crippen LogP contribution < -0.4 is 10.1 Å². The standard InChI is InChI=1S/C23H22F2N2O2/c1-27(15-16-8-13-21(29-2)20(25)14-16)22(17-6-4-3-5-7-17)23(28)26-19-11-9-18(24)10-12-19/h3-14,22H,15H2,1-2H3,(H,26,28). The number of likely N-dealkylation sites (N-methyl/N-ethyl adjacent to an activating group) is 1.